The third-order valence-corrected chi connectivity index (χ3v) is 3.66. The Hall–Kier alpha value is -0.880. The molecule has 0 fully saturated rings. The van der Waals surface area contributed by atoms with Gasteiger partial charge in [-0.3, -0.25) is 0 Å². The first-order valence-electron chi connectivity index (χ1n) is 6.66. The highest BCUT2D eigenvalue weighted by atomic mass is 127. The molecule has 0 N–H and O–H groups in total. The Balaban J connectivity index is 1.96. The van der Waals surface area contributed by atoms with Gasteiger partial charge in [-0.25, -0.2) is 4.98 Å². The number of benzene rings is 1. The van der Waals surface area contributed by atoms with Crippen molar-refractivity contribution in [1.82, 2.24) is 9.55 Å². The van der Waals surface area contributed by atoms with E-state index in [-0.39, 0.29) is 0 Å². The molecule has 1 heterocycles. The summed E-state index contributed by atoms with van der Waals surface area (Å²) in [5, 5.41) is 0. The number of aromatic nitrogens is 2. The predicted molar refractivity (Wildman–Crippen MR) is 86.1 cm³/mol. The van der Waals surface area contributed by atoms with E-state index >= 15 is 0 Å². The van der Waals surface area contributed by atoms with Crippen LogP contribution in [0.25, 0.3) is 11.4 Å². The molecule has 0 bridgehead atoms. The largest absolute Gasteiger partial charge is 0.380 e. The Morgan fingerprint density at radius 2 is 2.00 bits per heavy atom. The van der Waals surface area contributed by atoms with E-state index in [0.717, 1.165) is 37.6 Å². The Bertz CT molecular complexity index is 493. The minimum absolute atomic E-state index is 0.744. The lowest BCUT2D eigenvalue weighted by molar-refractivity contribution is 0.124. The molecular formula is C15H19IN2O. The first-order chi connectivity index (χ1) is 9.31. The first kappa shape index (κ1) is 14.5. The molecule has 102 valence electrons. The van der Waals surface area contributed by atoms with Gasteiger partial charge in [-0.15, -0.1) is 0 Å². The number of hydrogen-bond acceptors (Lipinski definition) is 2. The minimum Gasteiger partial charge on any atom is -0.380 e. The van der Waals surface area contributed by atoms with Gasteiger partial charge in [0.05, 0.1) is 6.61 Å². The van der Waals surface area contributed by atoms with Crippen LogP contribution < -0.4 is 0 Å². The molecule has 0 radical (unpaired) electrons. The molecule has 0 amide bonds. The number of ether oxygens (including phenoxy) is 1. The molecular weight excluding hydrogens is 351 g/mol. The SMILES string of the molecule is CCCCOCCn1ccnc1-c1ccc(I)cc1. The molecule has 1 aromatic heterocycles. The third-order valence-electron chi connectivity index (χ3n) is 2.94. The Kier molecular flexibility index (Phi) is 5.85. The molecule has 0 aliphatic rings. The molecule has 0 aliphatic carbocycles. The van der Waals surface area contributed by atoms with Crippen molar-refractivity contribution in [2.75, 3.05) is 13.2 Å². The normalized spacial score (nSPS) is 10.8. The highest BCUT2D eigenvalue weighted by molar-refractivity contribution is 14.1. The molecule has 2 rings (SSSR count). The Morgan fingerprint density at radius 1 is 1.21 bits per heavy atom. The average molecular weight is 370 g/mol. The van der Waals surface area contributed by atoms with E-state index in [9.17, 15) is 0 Å². The van der Waals surface area contributed by atoms with Gasteiger partial charge in [0.2, 0.25) is 0 Å². The summed E-state index contributed by atoms with van der Waals surface area (Å²) in [6.45, 7) is 4.62. The fraction of sp³-hybridized carbons (Fsp3) is 0.400. The minimum atomic E-state index is 0.744. The van der Waals surface area contributed by atoms with Gasteiger partial charge in [0.15, 0.2) is 0 Å². The highest BCUT2D eigenvalue weighted by Crippen LogP contribution is 2.18. The molecule has 0 atom stereocenters. The third kappa shape index (κ3) is 4.31. The summed E-state index contributed by atoms with van der Waals surface area (Å²) in [6, 6.07) is 8.43. The zero-order valence-corrected chi connectivity index (χ0v) is 13.3. The van der Waals surface area contributed by atoms with Crippen LogP contribution >= 0.6 is 22.6 Å². The Morgan fingerprint density at radius 3 is 2.74 bits per heavy atom. The molecule has 19 heavy (non-hydrogen) atoms. The van der Waals surface area contributed by atoms with E-state index in [4.69, 9.17) is 4.74 Å². The van der Waals surface area contributed by atoms with Crippen LogP contribution in [0.15, 0.2) is 36.7 Å². The van der Waals surface area contributed by atoms with E-state index in [1.54, 1.807) is 0 Å². The number of hydrogen-bond donors (Lipinski definition) is 0. The van der Waals surface area contributed by atoms with Crippen LogP contribution in [0.2, 0.25) is 0 Å². The first-order valence-corrected chi connectivity index (χ1v) is 7.74. The zero-order valence-electron chi connectivity index (χ0n) is 11.2. The fourth-order valence-corrected chi connectivity index (χ4v) is 2.22. The second-order valence-electron chi connectivity index (χ2n) is 4.42. The molecule has 4 heteroatoms. The number of nitrogens with zero attached hydrogens (tertiary/aromatic N) is 2. The number of imidazole rings is 1. The van der Waals surface area contributed by atoms with Gasteiger partial charge in [-0.05, 0) is 41.1 Å². The lowest BCUT2D eigenvalue weighted by atomic mass is 10.2. The molecule has 0 aliphatic heterocycles. The monoisotopic (exact) mass is 370 g/mol. The van der Waals surface area contributed by atoms with E-state index in [1.165, 1.54) is 9.99 Å². The van der Waals surface area contributed by atoms with Crippen molar-refractivity contribution in [1.29, 1.82) is 0 Å². The summed E-state index contributed by atoms with van der Waals surface area (Å²) in [6.07, 6.45) is 6.17. The van der Waals surface area contributed by atoms with Crippen LogP contribution in [0.5, 0.6) is 0 Å². The van der Waals surface area contributed by atoms with Gasteiger partial charge < -0.3 is 9.30 Å². The van der Waals surface area contributed by atoms with Crippen molar-refractivity contribution >= 4 is 22.6 Å². The summed E-state index contributed by atoms with van der Waals surface area (Å²) < 4.78 is 8.99. The molecule has 3 nitrogen and oxygen atoms in total. The van der Waals surface area contributed by atoms with Crippen LogP contribution in [-0.4, -0.2) is 22.8 Å². The topological polar surface area (TPSA) is 27.1 Å². The molecule has 0 spiro atoms. The standard InChI is InChI=1S/C15H19IN2O/c1-2-3-11-19-12-10-18-9-8-17-15(18)13-4-6-14(16)7-5-13/h4-9H,2-3,10-12H2,1H3. The summed E-state index contributed by atoms with van der Waals surface area (Å²) in [5.74, 6) is 1.01. The van der Waals surface area contributed by atoms with Crippen molar-refractivity contribution in [2.45, 2.75) is 26.3 Å². The number of unbranched alkanes of at least 4 members (excludes halogenated alkanes) is 1. The quantitative estimate of drug-likeness (QED) is 0.545. The molecule has 0 saturated heterocycles. The smallest absolute Gasteiger partial charge is 0.139 e. The van der Waals surface area contributed by atoms with Crippen molar-refractivity contribution in [3.05, 3.63) is 40.2 Å². The van der Waals surface area contributed by atoms with Crippen molar-refractivity contribution in [3.8, 4) is 11.4 Å². The zero-order chi connectivity index (χ0) is 13.5. The highest BCUT2D eigenvalue weighted by Gasteiger charge is 2.05. The second kappa shape index (κ2) is 7.65. The van der Waals surface area contributed by atoms with E-state index in [2.05, 4.69) is 63.3 Å². The van der Waals surface area contributed by atoms with E-state index in [0.29, 0.717) is 0 Å². The number of halogens is 1. The van der Waals surface area contributed by atoms with Crippen LogP contribution in [0, 0.1) is 3.57 Å². The van der Waals surface area contributed by atoms with Gasteiger partial charge in [-0.1, -0.05) is 25.5 Å². The lowest BCUT2D eigenvalue weighted by Crippen LogP contribution is -2.07. The summed E-state index contributed by atoms with van der Waals surface area (Å²) in [4.78, 5) is 4.44. The summed E-state index contributed by atoms with van der Waals surface area (Å²) >= 11 is 2.31. The van der Waals surface area contributed by atoms with Gasteiger partial charge in [-0.2, -0.15) is 0 Å². The maximum Gasteiger partial charge on any atom is 0.139 e. The molecule has 0 unspecified atom stereocenters. The average Bonchev–Trinajstić information content (AvgIpc) is 2.88. The van der Waals surface area contributed by atoms with Crippen LogP contribution in [-0.2, 0) is 11.3 Å². The maximum atomic E-state index is 5.61. The molecule has 1 aromatic carbocycles. The van der Waals surface area contributed by atoms with Gasteiger partial charge in [0.1, 0.15) is 5.82 Å². The van der Waals surface area contributed by atoms with Crippen molar-refractivity contribution in [2.24, 2.45) is 0 Å². The lowest BCUT2D eigenvalue weighted by Gasteiger charge is -2.08. The second-order valence-corrected chi connectivity index (χ2v) is 5.66. The van der Waals surface area contributed by atoms with Gasteiger partial charge in [0, 0.05) is 34.7 Å². The Labute approximate surface area is 128 Å². The fourth-order valence-electron chi connectivity index (χ4n) is 1.86. The summed E-state index contributed by atoms with van der Waals surface area (Å²) in [7, 11) is 0. The predicted octanol–water partition coefficient (Wildman–Crippen LogP) is 3.97. The van der Waals surface area contributed by atoms with Crippen molar-refractivity contribution < 1.29 is 4.74 Å². The van der Waals surface area contributed by atoms with E-state index < -0.39 is 0 Å². The maximum absolute atomic E-state index is 5.61. The van der Waals surface area contributed by atoms with Crippen LogP contribution in [0.1, 0.15) is 19.8 Å². The van der Waals surface area contributed by atoms with Crippen molar-refractivity contribution in [3.63, 3.8) is 0 Å². The van der Waals surface area contributed by atoms with Crippen LogP contribution in [0.4, 0.5) is 0 Å². The molecule has 2 aromatic rings. The van der Waals surface area contributed by atoms with Gasteiger partial charge >= 0.3 is 0 Å². The van der Waals surface area contributed by atoms with E-state index in [1.807, 2.05) is 12.4 Å². The molecule has 0 saturated carbocycles. The summed E-state index contributed by atoms with van der Waals surface area (Å²) in [5.41, 5.74) is 1.15. The van der Waals surface area contributed by atoms with Gasteiger partial charge in [0.25, 0.3) is 0 Å². The van der Waals surface area contributed by atoms with Crippen LogP contribution in [0.3, 0.4) is 0 Å². The number of rotatable bonds is 7.